The number of aliphatic imine (C=N–C) groups is 1. The number of aromatic nitrogens is 3. The molecule has 1 aliphatic rings. The Morgan fingerprint density at radius 2 is 1.93 bits per heavy atom. The smallest absolute Gasteiger partial charge is 0.191 e. The third kappa shape index (κ3) is 9.87. The zero-order valence-corrected chi connectivity index (χ0v) is 21.8. The maximum atomic E-state index is 4.74. The van der Waals surface area contributed by atoms with Gasteiger partial charge >= 0.3 is 0 Å². The topological polar surface area (TPSA) is 70.4 Å². The highest BCUT2D eigenvalue weighted by Gasteiger charge is 2.12. The fraction of sp³-hybridized carbons (Fsp3) is 0.850. The van der Waals surface area contributed by atoms with Crippen molar-refractivity contribution in [2.24, 2.45) is 10.9 Å². The molecule has 0 aromatic carbocycles. The number of rotatable bonds is 11. The lowest BCUT2D eigenvalue weighted by Crippen LogP contribution is -2.42. The van der Waals surface area contributed by atoms with E-state index in [0.29, 0.717) is 5.92 Å². The zero-order valence-electron chi connectivity index (χ0n) is 18.6. The second kappa shape index (κ2) is 15.3. The van der Waals surface area contributed by atoms with Gasteiger partial charge in [-0.15, -0.1) is 34.2 Å². The Labute approximate surface area is 198 Å². The summed E-state index contributed by atoms with van der Waals surface area (Å²) in [4.78, 5) is 7.29. The third-order valence-corrected chi connectivity index (χ3v) is 5.53. The number of piperidine rings is 1. The first-order valence-corrected chi connectivity index (χ1v) is 12.1. The number of thioether (sulfide) groups is 1. The second-order valence-corrected chi connectivity index (χ2v) is 8.57. The van der Waals surface area contributed by atoms with E-state index in [0.717, 1.165) is 62.5 Å². The van der Waals surface area contributed by atoms with Gasteiger partial charge in [-0.2, -0.15) is 0 Å². The monoisotopic (exact) mass is 537 g/mol. The molecule has 2 N–H and O–H groups in total. The summed E-state index contributed by atoms with van der Waals surface area (Å²) < 4.78 is 2.27. The Bertz CT molecular complexity index is 585. The van der Waals surface area contributed by atoms with Crippen LogP contribution in [0.1, 0.15) is 52.3 Å². The van der Waals surface area contributed by atoms with Gasteiger partial charge in [-0.05, 0) is 51.4 Å². The highest BCUT2D eigenvalue weighted by atomic mass is 127. The quantitative estimate of drug-likeness (QED) is 0.149. The van der Waals surface area contributed by atoms with Gasteiger partial charge in [0.1, 0.15) is 5.82 Å². The summed E-state index contributed by atoms with van der Waals surface area (Å²) in [5.41, 5.74) is 0. The van der Waals surface area contributed by atoms with Gasteiger partial charge in [-0.3, -0.25) is 4.99 Å². The van der Waals surface area contributed by atoms with Crippen LogP contribution in [-0.4, -0.2) is 71.1 Å². The van der Waals surface area contributed by atoms with Crippen molar-refractivity contribution >= 4 is 41.7 Å². The molecule has 0 radical (unpaired) electrons. The minimum Gasteiger partial charge on any atom is -0.357 e. The Balaban J connectivity index is 0.00000420. The fourth-order valence-electron chi connectivity index (χ4n) is 3.49. The summed E-state index contributed by atoms with van der Waals surface area (Å²) in [6.07, 6.45) is 8.02. The van der Waals surface area contributed by atoms with Gasteiger partial charge in [0.05, 0.1) is 0 Å². The number of guanidine groups is 1. The standard InChI is InChI=1S/C20H39N7S.HI/c1-5-21-19(23-12-15-26-13-7-6-8-14-26)22-11-9-10-18-24-25-20(28-4)27(18)16-17(2)3;/h17H,5-16H2,1-4H3,(H2,21,22,23);1H. The van der Waals surface area contributed by atoms with Gasteiger partial charge in [0.25, 0.3) is 0 Å². The number of likely N-dealkylation sites (tertiary alicyclic amines) is 1. The Morgan fingerprint density at radius 3 is 2.59 bits per heavy atom. The fourth-order valence-corrected chi connectivity index (χ4v) is 4.01. The van der Waals surface area contributed by atoms with Crippen molar-refractivity contribution in [2.75, 3.05) is 45.5 Å². The molecular weight excluding hydrogens is 497 g/mol. The van der Waals surface area contributed by atoms with Crippen LogP contribution in [0.2, 0.25) is 0 Å². The van der Waals surface area contributed by atoms with Crippen LogP contribution < -0.4 is 10.6 Å². The van der Waals surface area contributed by atoms with Gasteiger partial charge in [0, 0.05) is 39.1 Å². The minimum atomic E-state index is 0. The molecule has 0 amide bonds. The average molecular weight is 538 g/mol. The maximum Gasteiger partial charge on any atom is 0.191 e. The number of aryl methyl sites for hydroxylation is 1. The van der Waals surface area contributed by atoms with E-state index < -0.39 is 0 Å². The first-order chi connectivity index (χ1) is 13.6. The van der Waals surface area contributed by atoms with Gasteiger partial charge < -0.3 is 20.1 Å². The molecule has 1 aromatic heterocycles. The highest BCUT2D eigenvalue weighted by Crippen LogP contribution is 2.16. The van der Waals surface area contributed by atoms with Gasteiger partial charge in [-0.1, -0.05) is 32.0 Å². The highest BCUT2D eigenvalue weighted by molar-refractivity contribution is 14.0. The summed E-state index contributed by atoms with van der Waals surface area (Å²) in [6, 6.07) is 0. The molecule has 0 atom stereocenters. The Hall–Kier alpha value is -0.550. The molecule has 0 bridgehead atoms. The van der Waals surface area contributed by atoms with Crippen LogP contribution in [0.25, 0.3) is 0 Å². The van der Waals surface area contributed by atoms with E-state index in [1.807, 2.05) is 0 Å². The number of halogens is 1. The van der Waals surface area contributed by atoms with Crippen LogP contribution >= 0.6 is 35.7 Å². The predicted octanol–water partition coefficient (Wildman–Crippen LogP) is 3.25. The van der Waals surface area contributed by atoms with Crippen LogP contribution in [0, 0.1) is 5.92 Å². The van der Waals surface area contributed by atoms with Crippen LogP contribution in [0.5, 0.6) is 0 Å². The van der Waals surface area contributed by atoms with Crippen LogP contribution in [-0.2, 0) is 13.0 Å². The summed E-state index contributed by atoms with van der Waals surface area (Å²) in [5, 5.41) is 16.6. The van der Waals surface area contributed by atoms with Crippen molar-refractivity contribution in [2.45, 2.75) is 64.6 Å². The molecular formula is C20H40IN7S. The second-order valence-electron chi connectivity index (χ2n) is 7.80. The maximum absolute atomic E-state index is 4.74. The lowest BCUT2D eigenvalue weighted by molar-refractivity contribution is 0.232. The lowest BCUT2D eigenvalue weighted by atomic mass is 10.1. The molecule has 1 aliphatic heterocycles. The molecule has 9 heteroatoms. The molecule has 1 fully saturated rings. The number of hydrogen-bond donors (Lipinski definition) is 2. The lowest BCUT2D eigenvalue weighted by Gasteiger charge is -2.26. The molecule has 168 valence electrons. The van der Waals surface area contributed by atoms with Crippen molar-refractivity contribution in [3.8, 4) is 0 Å². The SMILES string of the molecule is CCNC(=NCCCc1nnc(SC)n1CC(C)C)NCCN1CCCCC1.I. The molecule has 1 aromatic rings. The zero-order chi connectivity index (χ0) is 20.2. The largest absolute Gasteiger partial charge is 0.357 e. The summed E-state index contributed by atoms with van der Waals surface area (Å²) in [6.45, 7) is 13.8. The number of nitrogens with one attached hydrogen (secondary N) is 2. The Morgan fingerprint density at radius 1 is 1.17 bits per heavy atom. The van der Waals surface area contributed by atoms with Gasteiger partial charge in [0.15, 0.2) is 11.1 Å². The first-order valence-electron chi connectivity index (χ1n) is 10.8. The van der Waals surface area contributed by atoms with E-state index in [9.17, 15) is 0 Å². The van der Waals surface area contributed by atoms with Crippen molar-refractivity contribution < 1.29 is 0 Å². The minimum absolute atomic E-state index is 0. The van der Waals surface area contributed by atoms with Gasteiger partial charge in [0.2, 0.25) is 0 Å². The summed E-state index contributed by atoms with van der Waals surface area (Å²) >= 11 is 1.67. The van der Waals surface area contributed by atoms with E-state index in [4.69, 9.17) is 4.99 Å². The molecule has 7 nitrogen and oxygen atoms in total. The van der Waals surface area contributed by atoms with E-state index in [1.165, 1.54) is 32.4 Å². The number of nitrogens with zero attached hydrogens (tertiary/aromatic N) is 5. The van der Waals surface area contributed by atoms with Crippen molar-refractivity contribution in [3.63, 3.8) is 0 Å². The average Bonchev–Trinajstić information content (AvgIpc) is 3.07. The van der Waals surface area contributed by atoms with Crippen LogP contribution in [0.15, 0.2) is 10.1 Å². The van der Waals surface area contributed by atoms with Crippen LogP contribution in [0.4, 0.5) is 0 Å². The summed E-state index contributed by atoms with van der Waals surface area (Å²) in [7, 11) is 0. The molecule has 1 saturated heterocycles. The molecule has 0 aliphatic carbocycles. The van der Waals surface area contributed by atoms with E-state index >= 15 is 0 Å². The predicted molar refractivity (Wildman–Crippen MR) is 135 cm³/mol. The Kier molecular flexibility index (Phi) is 14.0. The van der Waals surface area contributed by atoms with E-state index in [-0.39, 0.29) is 24.0 Å². The van der Waals surface area contributed by atoms with Crippen molar-refractivity contribution in [1.82, 2.24) is 30.3 Å². The van der Waals surface area contributed by atoms with Crippen LogP contribution in [0.3, 0.4) is 0 Å². The van der Waals surface area contributed by atoms with E-state index in [1.54, 1.807) is 11.8 Å². The molecule has 0 spiro atoms. The molecule has 0 unspecified atom stereocenters. The first kappa shape index (κ1) is 26.5. The summed E-state index contributed by atoms with van der Waals surface area (Å²) in [5.74, 6) is 2.59. The van der Waals surface area contributed by atoms with Crippen molar-refractivity contribution in [3.05, 3.63) is 5.82 Å². The molecule has 2 rings (SSSR count). The molecule has 2 heterocycles. The number of hydrogen-bond acceptors (Lipinski definition) is 5. The molecule has 29 heavy (non-hydrogen) atoms. The van der Waals surface area contributed by atoms with Gasteiger partial charge in [-0.25, -0.2) is 0 Å². The van der Waals surface area contributed by atoms with E-state index in [2.05, 4.69) is 57.3 Å². The normalized spacial score (nSPS) is 15.4. The van der Waals surface area contributed by atoms with Crippen molar-refractivity contribution in [1.29, 1.82) is 0 Å². The third-order valence-electron chi connectivity index (χ3n) is 4.87. The molecule has 0 saturated carbocycles.